The fourth-order valence-electron chi connectivity index (χ4n) is 2.70. The van der Waals surface area contributed by atoms with E-state index in [1.807, 2.05) is 27.9 Å². The van der Waals surface area contributed by atoms with Crippen LogP contribution in [0, 0.1) is 13.8 Å². The molecule has 2 aromatic rings. The minimum atomic E-state index is -4.34. The molecule has 2 rings (SSSR count). The minimum Gasteiger partial charge on any atom is -0.324 e. The van der Waals surface area contributed by atoms with Crippen LogP contribution in [-0.4, -0.2) is 28.8 Å². The molecule has 1 aromatic heterocycles. The summed E-state index contributed by atoms with van der Waals surface area (Å²) < 4.78 is 39.6. The van der Waals surface area contributed by atoms with Gasteiger partial charge in [0.2, 0.25) is 0 Å². The second-order valence-electron chi connectivity index (χ2n) is 6.60. The van der Waals surface area contributed by atoms with Gasteiger partial charge in [-0.15, -0.1) is 0 Å². The first-order chi connectivity index (χ1) is 12.0. The molecule has 0 aliphatic rings. The molecule has 0 saturated carbocycles. The van der Waals surface area contributed by atoms with Crippen LogP contribution in [0.2, 0.25) is 0 Å². The van der Waals surface area contributed by atoms with Gasteiger partial charge in [0.15, 0.2) is 6.04 Å². The number of anilines is 1. The zero-order valence-electron chi connectivity index (χ0n) is 15.5. The number of likely N-dealkylation sites (N-methyl/N-ethyl adjacent to an activating group) is 1. The van der Waals surface area contributed by atoms with Crippen LogP contribution in [0.1, 0.15) is 29.4 Å². The summed E-state index contributed by atoms with van der Waals surface area (Å²) in [5.41, 5.74) is 2.37. The maximum absolute atomic E-state index is 12.6. The lowest BCUT2D eigenvalue weighted by atomic mass is 10.1. The number of nitrogens with one attached hydrogen (secondary N) is 2. The van der Waals surface area contributed by atoms with Crippen molar-refractivity contribution >= 4 is 11.6 Å². The number of alkyl halides is 3. The standard InChI is InChI=1S/C18H23F3N4O/c1-11-16(12(2)25(5)23-11)22-17(26)13(3)24(4)10-14-6-8-15(9-7-14)18(19,20)21/h6-9,13H,10H2,1-5H3,(H,22,26)/p+1/t13-/m0/s1. The van der Waals surface area contributed by atoms with Gasteiger partial charge in [-0.25, -0.2) is 0 Å². The van der Waals surface area contributed by atoms with Gasteiger partial charge >= 0.3 is 6.18 Å². The lowest BCUT2D eigenvalue weighted by Gasteiger charge is -2.21. The molecule has 1 heterocycles. The number of rotatable bonds is 5. The van der Waals surface area contributed by atoms with Gasteiger partial charge in [0, 0.05) is 12.6 Å². The molecule has 0 bridgehead atoms. The zero-order chi connectivity index (χ0) is 19.6. The van der Waals surface area contributed by atoms with Gasteiger partial charge in [-0.1, -0.05) is 12.1 Å². The fourth-order valence-corrected chi connectivity index (χ4v) is 2.70. The first-order valence-corrected chi connectivity index (χ1v) is 8.30. The Balaban J connectivity index is 2.02. The number of carbonyl (C=O) groups excluding carboxylic acids is 1. The Morgan fingerprint density at radius 2 is 1.85 bits per heavy atom. The topological polar surface area (TPSA) is 51.4 Å². The molecule has 8 heteroatoms. The molecule has 1 amide bonds. The highest BCUT2D eigenvalue weighted by molar-refractivity contribution is 5.94. The maximum Gasteiger partial charge on any atom is 0.416 e. The second kappa shape index (κ2) is 7.49. The molecular weight excluding hydrogens is 345 g/mol. The number of halogens is 3. The molecular formula is C18H24F3N4O+. The summed E-state index contributed by atoms with van der Waals surface area (Å²) in [6, 6.07) is 4.65. The largest absolute Gasteiger partial charge is 0.416 e. The van der Waals surface area contributed by atoms with Gasteiger partial charge in [0.25, 0.3) is 5.91 Å². The van der Waals surface area contributed by atoms with Crippen LogP contribution in [0.5, 0.6) is 0 Å². The number of hydrogen-bond acceptors (Lipinski definition) is 2. The van der Waals surface area contributed by atoms with Crippen molar-refractivity contribution in [2.45, 2.75) is 39.5 Å². The third kappa shape index (κ3) is 4.43. The molecule has 1 unspecified atom stereocenters. The molecule has 0 aliphatic heterocycles. The van der Waals surface area contributed by atoms with Crippen molar-refractivity contribution in [2.75, 3.05) is 12.4 Å². The smallest absolute Gasteiger partial charge is 0.324 e. The third-order valence-corrected chi connectivity index (χ3v) is 4.65. The first kappa shape index (κ1) is 20.0. The molecule has 1 aromatic carbocycles. The molecule has 142 valence electrons. The summed E-state index contributed by atoms with van der Waals surface area (Å²) in [6.45, 7) is 5.93. The van der Waals surface area contributed by atoms with Crippen molar-refractivity contribution in [1.29, 1.82) is 0 Å². The number of nitrogens with zero attached hydrogens (tertiary/aromatic N) is 2. The highest BCUT2D eigenvalue weighted by Gasteiger charge is 2.30. The molecule has 5 nitrogen and oxygen atoms in total. The third-order valence-electron chi connectivity index (χ3n) is 4.65. The van der Waals surface area contributed by atoms with Crippen molar-refractivity contribution in [3.8, 4) is 0 Å². The molecule has 2 N–H and O–H groups in total. The highest BCUT2D eigenvalue weighted by atomic mass is 19.4. The van der Waals surface area contributed by atoms with Gasteiger partial charge in [-0.05, 0) is 32.9 Å². The Morgan fingerprint density at radius 3 is 2.31 bits per heavy atom. The highest BCUT2D eigenvalue weighted by Crippen LogP contribution is 2.29. The van der Waals surface area contributed by atoms with E-state index in [0.717, 1.165) is 34.0 Å². The summed E-state index contributed by atoms with van der Waals surface area (Å²) >= 11 is 0. The number of aromatic nitrogens is 2. The summed E-state index contributed by atoms with van der Waals surface area (Å²) in [5, 5.41) is 7.17. The van der Waals surface area contributed by atoms with Gasteiger partial charge in [0.05, 0.1) is 29.7 Å². The lowest BCUT2D eigenvalue weighted by molar-refractivity contribution is -0.907. The quantitative estimate of drug-likeness (QED) is 0.848. The van der Waals surface area contributed by atoms with E-state index in [1.165, 1.54) is 12.1 Å². The average Bonchev–Trinajstić information content (AvgIpc) is 2.80. The zero-order valence-corrected chi connectivity index (χ0v) is 15.5. The van der Waals surface area contributed by atoms with Crippen LogP contribution in [0.25, 0.3) is 0 Å². The van der Waals surface area contributed by atoms with Crippen molar-refractivity contribution in [3.63, 3.8) is 0 Å². The van der Waals surface area contributed by atoms with E-state index in [1.54, 1.807) is 11.6 Å². The summed E-state index contributed by atoms with van der Waals surface area (Å²) in [5.74, 6) is -0.159. The number of aryl methyl sites for hydroxylation is 2. The maximum atomic E-state index is 12.6. The van der Waals surface area contributed by atoms with E-state index in [0.29, 0.717) is 12.2 Å². The molecule has 26 heavy (non-hydrogen) atoms. The normalized spacial score (nSPS) is 14.2. The van der Waals surface area contributed by atoms with E-state index in [-0.39, 0.29) is 11.9 Å². The number of carbonyl (C=O) groups is 1. The van der Waals surface area contributed by atoms with Crippen molar-refractivity contribution in [2.24, 2.45) is 7.05 Å². The van der Waals surface area contributed by atoms with E-state index >= 15 is 0 Å². The second-order valence-corrected chi connectivity index (χ2v) is 6.60. The monoisotopic (exact) mass is 369 g/mol. The number of amides is 1. The Hall–Kier alpha value is -2.35. The molecule has 0 radical (unpaired) electrons. The number of hydrogen-bond donors (Lipinski definition) is 2. The molecule has 0 saturated heterocycles. The van der Waals surface area contributed by atoms with Gasteiger partial charge in [-0.3, -0.25) is 9.48 Å². The van der Waals surface area contributed by atoms with Crippen LogP contribution < -0.4 is 10.2 Å². The van der Waals surface area contributed by atoms with Crippen LogP contribution in [-0.2, 0) is 24.6 Å². The van der Waals surface area contributed by atoms with Gasteiger partial charge in [0.1, 0.15) is 6.54 Å². The molecule has 0 aliphatic carbocycles. The van der Waals surface area contributed by atoms with Crippen LogP contribution in [0.4, 0.5) is 18.9 Å². The predicted molar refractivity (Wildman–Crippen MR) is 92.8 cm³/mol. The molecule has 0 fully saturated rings. The number of benzene rings is 1. The van der Waals surface area contributed by atoms with E-state index in [2.05, 4.69) is 10.4 Å². The fraction of sp³-hybridized carbons (Fsp3) is 0.444. The Kier molecular flexibility index (Phi) is 5.75. The Labute approximate surface area is 150 Å². The Morgan fingerprint density at radius 1 is 1.27 bits per heavy atom. The predicted octanol–water partition coefficient (Wildman–Crippen LogP) is 2.10. The van der Waals surface area contributed by atoms with Crippen molar-refractivity contribution < 1.29 is 22.9 Å². The van der Waals surface area contributed by atoms with Crippen LogP contribution >= 0.6 is 0 Å². The van der Waals surface area contributed by atoms with E-state index in [9.17, 15) is 18.0 Å². The van der Waals surface area contributed by atoms with Gasteiger partial charge in [-0.2, -0.15) is 18.3 Å². The van der Waals surface area contributed by atoms with Crippen molar-refractivity contribution in [1.82, 2.24) is 9.78 Å². The SMILES string of the molecule is Cc1nn(C)c(C)c1NC(=O)[C@H](C)[NH+](C)Cc1ccc(C(F)(F)F)cc1. The van der Waals surface area contributed by atoms with E-state index < -0.39 is 11.7 Å². The van der Waals surface area contributed by atoms with Crippen LogP contribution in [0.3, 0.4) is 0 Å². The molecule has 0 spiro atoms. The molecule has 2 atom stereocenters. The lowest BCUT2D eigenvalue weighted by Crippen LogP contribution is -3.12. The van der Waals surface area contributed by atoms with E-state index in [4.69, 9.17) is 0 Å². The van der Waals surface area contributed by atoms with Crippen LogP contribution in [0.15, 0.2) is 24.3 Å². The minimum absolute atomic E-state index is 0.159. The average molecular weight is 369 g/mol. The number of quaternary nitrogens is 1. The van der Waals surface area contributed by atoms with Crippen molar-refractivity contribution in [3.05, 3.63) is 46.8 Å². The van der Waals surface area contributed by atoms with Gasteiger partial charge < -0.3 is 10.2 Å². The Bertz CT molecular complexity index is 781. The first-order valence-electron chi connectivity index (χ1n) is 8.30. The summed E-state index contributed by atoms with van der Waals surface area (Å²) in [4.78, 5) is 13.4. The summed E-state index contributed by atoms with van der Waals surface area (Å²) in [7, 11) is 3.65. The summed E-state index contributed by atoms with van der Waals surface area (Å²) in [6.07, 6.45) is -4.34.